The van der Waals surface area contributed by atoms with Crippen molar-refractivity contribution in [1.82, 2.24) is 0 Å². The quantitative estimate of drug-likeness (QED) is 0.620. The molecule has 3 heteroatoms. The number of rotatable bonds is 0. The fraction of sp³-hybridized carbons (Fsp3) is 0.727. The number of carbonyl (C=O) groups is 2. The predicted octanol–water partition coefficient (Wildman–Crippen LogP) is 4.23. The minimum Gasteiger partial charge on any atom is -0.465 e. The van der Waals surface area contributed by atoms with E-state index < -0.39 is 0 Å². The van der Waals surface area contributed by atoms with Gasteiger partial charge in [0.05, 0.1) is 12.0 Å². The van der Waals surface area contributed by atoms with Crippen molar-refractivity contribution in [2.45, 2.75) is 58.8 Å². The minimum atomic E-state index is -0.210. The number of hydrogen-bond acceptors (Lipinski definition) is 3. The van der Waals surface area contributed by atoms with Gasteiger partial charge in [0.2, 0.25) is 0 Å². The second kappa shape index (κ2) is 4.86. The SMILES string of the molecule is CC12C=CC(=O)C=C1CCC1C2CCC2(C)C1CC[C@@]21CCOC1=O. The van der Waals surface area contributed by atoms with Gasteiger partial charge in [-0.15, -0.1) is 0 Å². The van der Waals surface area contributed by atoms with Gasteiger partial charge in [0, 0.05) is 5.41 Å². The molecule has 5 rings (SSSR count). The van der Waals surface area contributed by atoms with Crippen LogP contribution in [0.25, 0.3) is 0 Å². The Morgan fingerprint density at radius 1 is 1.04 bits per heavy atom. The van der Waals surface area contributed by atoms with Crippen LogP contribution >= 0.6 is 0 Å². The van der Waals surface area contributed by atoms with Crippen molar-refractivity contribution in [2.24, 2.45) is 34.0 Å². The molecule has 4 aliphatic carbocycles. The molecule has 6 atom stereocenters. The Labute approximate surface area is 149 Å². The summed E-state index contributed by atoms with van der Waals surface area (Å²) < 4.78 is 5.46. The van der Waals surface area contributed by atoms with Crippen LogP contribution in [0.5, 0.6) is 0 Å². The Bertz CT molecular complexity index is 719. The van der Waals surface area contributed by atoms with Crippen LogP contribution in [-0.2, 0) is 14.3 Å². The molecule has 0 aromatic carbocycles. The number of allylic oxidation sites excluding steroid dienone is 4. The summed E-state index contributed by atoms with van der Waals surface area (Å²) in [6.45, 7) is 5.35. The molecule has 0 aromatic rings. The lowest BCUT2D eigenvalue weighted by Crippen LogP contribution is -2.53. The van der Waals surface area contributed by atoms with E-state index in [-0.39, 0.29) is 28.0 Å². The molecule has 5 aliphatic rings. The summed E-state index contributed by atoms with van der Waals surface area (Å²) in [5, 5.41) is 0. The summed E-state index contributed by atoms with van der Waals surface area (Å²) in [7, 11) is 0. The van der Waals surface area contributed by atoms with Crippen molar-refractivity contribution in [3.63, 3.8) is 0 Å². The van der Waals surface area contributed by atoms with Crippen LogP contribution < -0.4 is 0 Å². The standard InChI is InChI=1S/C22H28O3/c1-20-8-5-15(23)13-14(20)3-4-16-17(20)6-9-21(2)18(16)7-10-22(21)11-12-25-19(22)24/h5,8,13,16-18H,3-4,6-7,9-12H2,1-2H3/t16?,17?,18?,20?,21?,22-/m0/s1. The molecule has 1 heterocycles. The molecule has 0 radical (unpaired) electrons. The van der Waals surface area contributed by atoms with E-state index in [4.69, 9.17) is 4.74 Å². The molecule has 25 heavy (non-hydrogen) atoms. The Balaban J connectivity index is 1.52. The van der Waals surface area contributed by atoms with E-state index in [1.54, 1.807) is 6.08 Å². The number of ether oxygens (including phenoxy) is 1. The first kappa shape index (κ1) is 15.8. The Hall–Kier alpha value is -1.38. The Kier molecular flexibility index (Phi) is 3.08. The summed E-state index contributed by atoms with van der Waals surface area (Å²) in [5.41, 5.74) is 1.29. The lowest BCUT2D eigenvalue weighted by atomic mass is 9.46. The molecule has 1 aliphatic heterocycles. The third-order valence-corrected chi connectivity index (χ3v) is 9.07. The van der Waals surface area contributed by atoms with Crippen molar-refractivity contribution >= 4 is 11.8 Å². The van der Waals surface area contributed by atoms with Gasteiger partial charge in [-0.2, -0.15) is 0 Å². The average Bonchev–Trinajstić information content (AvgIpc) is 3.10. The average molecular weight is 340 g/mol. The van der Waals surface area contributed by atoms with Gasteiger partial charge in [0.25, 0.3) is 0 Å². The zero-order chi connectivity index (χ0) is 17.4. The number of carbonyl (C=O) groups excluding carboxylic acids is 2. The van der Waals surface area contributed by atoms with E-state index in [1.165, 1.54) is 24.8 Å². The number of esters is 1. The number of ketones is 1. The van der Waals surface area contributed by atoms with Crippen molar-refractivity contribution in [3.05, 3.63) is 23.8 Å². The molecule has 5 unspecified atom stereocenters. The Morgan fingerprint density at radius 2 is 1.84 bits per heavy atom. The molecule has 134 valence electrons. The van der Waals surface area contributed by atoms with E-state index in [0.717, 1.165) is 25.7 Å². The topological polar surface area (TPSA) is 43.4 Å². The molecule has 0 N–H and O–H groups in total. The van der Waals surface area contributed by atoms with Crippen LogP contribution in [0.15, 0.2) is 23.8 Å². The molecular weight excluding hydrogens is 312 g/mol. The van der Waals surface area contributed by atoms with Crippen molar-refractivity contribution in [2.75, 3.05) is 6.61 Å². The van der Waals surface area contributed by atoms with Gasteiger partial charge in [-0.25, -0.2) is 0 Å². The highest BCUT2D eigenvalue weighted by molar-refractivity contribution is 6.01. The van der Waals surface area contributed by atoms with Crippen LogP contribution in [0.3, 0.4) is 0 Å². The van der Waals surface area contributed by atoms with E-state index >= 15 is 0 Å². The van der Waals surface area contributed by atoms with Crippen LogP contribution in [0, 0.1) is 34.0 Å². The van der Waals surface area contributed by atoms with Crippen LogP contribution in [-0.4, -0.2) is 18.4 Å². The highest BCUT2D eigenvalue weighted by atomic mass is 16.5. The predicted molar refractivity (Wildman–Crippen MR) is 94.6 cm³/mol. The van der Waals surface area contributed by atoms with Gasteiger partial charge < -0.3 is 4.74 Å². The highest BCUT2D eigenvalue weighted by Crippen LogP contribution is 2.71. The Morgan fingerprint density at radius 3 is 2.60 bits per heavy atom. The summed E-state index contributed by atoms with van der Waals surface area (Å²) in [6.07, 6.45) is 13.5. The van der Waals surface area contributed by atoms with E-state index in [9.17, 15) is 9.59 Å². The maximum atomic E-state index is 12.7. The van der Waals surface area contributed by atoms with Crippen molar-refractivity contribution < 1.29 is 14.3 Å². The zero-order valence-electron chi connectivity index (χ0n) is 15.3. The van der Waals surface area contributed by atoms with Crippen LogP contribution in [0.1, 0.15) is 58.8 Å². The largest absolute Gasteiger partial charge is 0.465 e. The molecule has 1 spiro atoms. The maximum absolute atomic E-state index is 12.7. The molecule has 3 saturated carbocycles. The van der Waals surface area contributed by atoms with E-state index in [0.29, 0.717) is 24.4 Å². The zero-order valence-corrected chi connectivity index (χ0v) is 15.3. The minimum absolute atomic E-state index is 0.0457. The second-order valence-corrected chi connectivity index (χ2v) is 9.57. The monoisotopic (exact) mass is 340 g/mol. The number of fused-ring (bicyclic) bond motifs is 6. The lowest BCUT2D eigenvalue weighted by Gasteiger charge is -2.58. The molecule has 3 nitrogen and oxygen atoms in total. The third kappa shape index (κ3) is 1.77. The summed E-state index contributed by atoms with van der Waals surface area (Å²) in [4.78, 5) is 24.5. The molecule has 0 bridgehead atoms. The number of hydrogen-bond donors (Lipinski definition) is 0. The molecule has 1 saturated heterocycles. The highest BCUT2D eigenvalue weighted by Gasteiger charge is 2.68. The first-order valence-electron chi connectivity index (χ1n) is 10.0. The van der Waals surface area contributed by atoms with Gasteiger partial charge >= 0.3 is 5.97 Å². The first-order valence-corrected chi connectivity index (χ1v) is 10.0. The lowest BCUT2D eigenvalue weighted by molar-refractivity contribution is -0.156. The fourth-order valence-corrected chi connectivity index (χ4v) is 7.64. The molecule has 0 amide bonds. The molecule has 4 fully saturated rings. The first-order chi connectivity index (χ1) is 11.9. The molecule has 0 aromatic heterocycles. The van der Waals surface area contributed by atoms with Gasteiger partial charge in [0.15, 0.2) is 5.78 Å². The normalized spacial score (nSPS) is 51.0. The van der Waals surface area contributed by atoms with Gasteiger partial charge in [0.1, 0.15) is 0 Å². The van der Waals surface area contributed by atoms with Gasteiger partial charge in [-0.05, 0) is 80.3 Å². The number of cyclic esters (lactones) is 1. The summed E-state index contributed by atoms with van der Waals surface area (Å²) >= 11 is 0. The third-order valence-electron chi connectivity index (χ3n) is 9.07. The van der Waals surface area contributed by atoms with E-state index in [1.807, 2.05) is 6.08 Å². The summed E-state index contributed by atoms with van der Waals surface area (Å²) in [6, 6.07) is 0. The van der Waals surface area contributed by atoms with Crippen molar-refractivity contribution in [3.8, 4) is 0 Å². The maximum Gasteiger partial charge on any atom is 0.312 e. The van der Waals surface area contributed by atoms with E-state index in [2.05, 4.69) is 19.9 Å². The van der Waals surface area contributed by atoms with Gasteiger partial charge in [-0.3, -0.25) is 9.59 Å². The van der Waals surface area contributed by atoms with Crippen molar-refractivity contribution in [1.29, 1.82) is 0 Å². The summed E-state index contributed by atoms with van der Waals surface area (Å²) in [5.74, 6) is 2.15. The smallest absolute Gasteiger partial charge is 0.312 e. The fourth-order valence-electron chi connectivity index (χ4n) is 7.64. The second-order valence-electron chi connectivity index (χ2n) is 9.57. The molecular formula is C22H28O3. The van der Waals surface area contributed by atoms with Crippen LogP contribution in [0.2, 0.25) is 0 Å². The van der Waals surface area contributed by atoms with Gasteiger partial charge in [-0.1, -0.05) is 25.5 Å². The van der Waals surface area contributed by atoms with Crippen LogP contribution in [0.4, 0.5) is 0 Å².